The third-order valence-electron chi connectivity index (χ3n) is 4.64. The Hall–Kier alpha value is -3.92. The fraction of sp³-hybridized carbons (Fsp3) is 0.136. The van der Waals surface area contributed by atoms with Crippen molar-refractivity contribution in [1.82, 2.24) is 14.8 Å². The second-order valence-corrected chi connectivity index (χ2v) is 7.66. The molecule has 0 aliphatic rings. The van der Waals surface area contributed by atoms with Gasteiger partial charge in [0, 0.05) is 24.7 Å². The maximum Gasteiger partial charge on any atom is 0.359 e. The average molecular weight is 452 g/mol. The summed E-state index contributed by atoms with van der Waals surface area (Å²) in [5.41, 5.74) is 0.155. The van der Waals surface area contributed by atoms with Crippen LogP contribution in [0, 0.1) is 5.82 Å². The number of fused-ring (bicyclic) bond motifs is 1. The van der Waals surface area contributed by atoms with E-state index in [-0.39, 0.29) is 28.7 Å². The quantitative estimate of drug-likeness (QED) is 0.430. The molecule has 2 aromatic carbocycles. The van der Waals surface area contributed by atoms with E-state index in [4.69, 9.17) is 4.74 Å². The van der Waals surface area contributed by atoms with E-state index in [2.05, 4.69) is 10.1 Å². The summed E-state index contributed by atoms with van der Waals surface area (Å²) >= 11 is 1.12. The molecule has 0 atom stereocenters. The zero-order valence-electron chi connectivity index (χ0n) is 17.1. The lowest BCUT2D eigenvalue weighted by molar-refractivity contribution is -0.115. The van der Waals surface area contributed by atoms with E-state index >= 15 is 0 Å². The van der Waals surface area contributed by atoms with Gasteiger partial charge in [0.25, 0.3) is 5.56 Å². The van der Waals surface area contributed by atoms with Gasteiger partial charge in [-0.15, -0.1) is 11.3 Å². The topological polar surface area (TPSA) is 94.4 Å². The Morgan fingerprint density at radius 3 is 2.53 bits per heavy atom. The third-order valence-corrected chi connectivity index (χ3v) is 5.51. The van der Waals surface area contributed by atoms with E-state index in [1.54, 1.807) is 35.7 Å². The van der Waals surface area contributed by atoms with E-state index in [9.17, 15) is 18.8 Å². The molecule has 4 rings (SSSR count). The van der Waals surface area contributed by atoms with Crippen molar-refractivity contribution in [2.24, 2.45) is 7.05 Å². The fourth-order valence-corrected chi connectivity index (χ4v) is 4.03. The first kappa shape index (κ1) is 21.3. The molecule has 2 heterocycles. The number of para-hydroxylation sites is 1. The summed E-state index contributed by atoms with van der Waals surface area (Å²) in [5, 5.41) is 6.65. The van der Waals surface area contributed by atoms with Gasteiger partial charge in [-0.25, -0.2) is 18.9 Å². The number of thiazole rings is 1. The lowest BCUT2D eigenvalue weighted by Gasteiger charge is -2.18. The molecule has 32 heavy (non-hydrogen) atoms. The monoisotopic (exact) mass is 452 g/mol. The number of rotatable bonds is 5. The minimum atomic E-state index is -0.719. The number of anilines is 2. The number of amides is 1. The molecule has 0 radical (unpaired) electrons. The predicted molar refractivity (Wildman–Crippen MR) is 117 cm³/mol. The number of hydrogen-bond donors (Lipinski definition) is 0. The van der Waals surface area contributed by atoms with Gasteiger partial charge in [-0.05, 0) is 18.2 Å². The summed E-state index contributed by atoms with van der Waals surface area (Å²) in [7, 11) is 1.46. The minimum absolute atomic E-state index is 0.00914. The molecule has 2 aromatic heterocycles. The van der Waals surface area contributed by atoms with E-state index in [1.807, 2.05) is 0 Å². The number of carbonyl (C=O) groups is 2. The highest BCUT2D eigenvalue weighted by atomic mass is 32.1. The zero-order valence-corrected chi connectivity index (χ0v) is 17.9. The molecule has 0 N–H and O–H groups in total. The summed E-state index contributed by atoms with van der Waals surface area (Å²) in [4.78, 5) is 42.5. The van der Waals surface area contributed by atoms with Crippen LogP contribution in [0.2, 0.25) is 0 Å². The highest BCUT2D eigenvalue weighted by molar-refractivity contribution is 7.14. The third kappa shape index (κ3) is 4.00. The first-order valence-corrected chi connectivity index (χ1v) is 10.4. The second-order valence-electron chi connectivity index (χ2n) is 6.83. The van der Waals surface area contributed by atoms with E-state index in [0.29, 0.717) is 16.5 Å². The zero-order chi connectivity index (χ0) is 22.8. The maximum atomic E-state index is 14.2. The molecule has 4 aromatic rings. The summed E-state index contributed by atoms with van der Waals surface area (Å²) in [6.07, 6.45) is 0. The van der Waals surface area contributed by atoms with Crippen molar-refractivity contribution in [2.75, 3.05) is 4.90 Å². The Morgan fingerprint density at radius 1 is 1.12 bits per heavy atom. The first-order chi connectivity index (χ1) is 15.4. The SMILES string of the molecule is CC(=O)N(c1nc(COC(=O)c2nn(C)c(=O)c3ccccc23)cs1)c1ccccc1F. The number of halogens is 1. The van der Waals surface area contributed by atoms with Crippen molar-refractivity contribution in [1.29, 1.82) is 0 Å². The van der Waals surface area contributed by atoms with Crippen molar-refractivity contribution in [3.63, 3.8) is 0 Å². The van der Waals surface area contributed by atoms with Gasteiger partial charge in [0.15, 0.2) is 10.8 Å². The minimum Gasteiger partial charge on any atom is -0.454 e. The molecule has 0 saturated carbocycles. The first-order valence-electron chi connectivity index (χ1n) is 9.49. The molecule has 0 saturated heterocycles. The van der Waals surface area contributed by atoms with Gasteiger partial charge in [0.1, 0.15) is 12.4 Å². The molecule has 0 bridgehead atoms. The molecular formula is C22H17FN4O4S. The van der Waals surface area contributed by atoms with Crippen LogP contribution in [0.25, 0.3) is 10.8 Å². The van der Waals surface area contributed by atoms with Crippen molar-refractivity contribution in [3.05, 3.63) is 81.5 Å². The molecule has 162 valence electrons. The van der Waals surface area contributed by atoms with Gasteiger partial charge in [-0.2, -0.15) is 5.10 Å². The van der Waals surface area contributed by atoms with E-state index in [1.165, 1.54) is 32.2 Å². The van der Waals surface area contributed by atoms with Gasteiger partial charge in [-0.3, -0.25) is 14.5 Å². The van der Waals surface area contributed by atoms with Crippen LogP contribution in [0.3, 0.4) is 0 Å². The van der Waals surface area contributed by atoms with Crippen LogP contribution in [0.5, 0.6) is 0 Å². The summed E-state index contributed by atoms with van der Waals surface area (Å²) < 4.78 is 20.6. The number of esters is 1. The Balaban J connectivity index is 1.56. The highest BCUT2D eigenvalue weighted by Crippen LogP contribution is 2.31. The number of aromatic nitrogens is 3. The van der Waals surface area contributed by atoms with Crippen LogP contribution in [-0.2, 0) is 23.2 Å². The smallest absolute Gasteiger partial charge is 0.359 e. The number of hydrogen-bond acceptors (Lipinski definition) is 7. The normalized spacial score (nSPS) is 10.8. The van der Waals surface area contributed by atoms with Gasteiger partial charge < -0.3 is 4.74 Å². The van der Waals surface area contributed by atoms with Gasteiger partial charge >= 0.3 is 5.97 Å². The molecule has 0 spiro atoms. The predicted octanol–water partition coefficient (Wildman–Crippen LogP) is 3.57. The molecule has 0 aliphatic carbocycles. The summed E-state index contributed by atoms with van der Waals surface area (Å²) in [6, 6.07) is 12.5. The van der Waals surface area contributed by atoms with Crippen LogP contribution < -0.4 is 10.5 Å². The van der Waals surface area contributed by atoms with Gasteiger partial charge in [0.05, 0.1) is 16.8 Å². The molecule has 0 unspecified atom stereocenters. The maximum absolute atomic E-state index is 14.2. The fourth-order valence-electron chi connectivity index (χ4n) is 3.16. The number of aryl methyl sites for hydroxylation is 1. The standard InChI is InChI=1S/C22H17FN4O4S/c1-13(28)27(18-10-6-5-9-17(18)23)22-24-14(12-32-22)11-31-21(30)19-15-7-3-4-8-16(15)20(29)26(2)25-19/h3-10,12H,11H2,1-2H3. The number of benzene rings is 2. The van der Waals surface area contributed by atoms with Gasteiger partial charge in [-0.1, -0.05) is 30.3 Å². The molecule has 0 fully saturated rings. The Labute approximate surface area is 185 Å². The second kappa shape index (κ2) is 8.67. The summed E-state index contributed by atoms with van der Waals surface area (Å²) in [6.45, 7) is 1.13. The number of carbonyl (C=O) groups excluding carboxylic acids is 2. The van der Waals surface area contributed by atoms with Gasteiger partial charge in [0.2, 0.25) is 5.91 Å². The van der Waals surface area contributed by atoms with Crippen LogP contribution >= 0.6 is 11.3 Å². The molecule has 0 aliphatic heterocycles. The lowest BCUT2D eigenvalue weighted by Crippen LogP contribution is -2.24. The van der Waals surface area contributed by atoms with Crippen LogP contribution in [0.4, 0.5) is 15.2 Å². The van der Waals surface area contributed by atoms with Crippen molar-refractivity contribution < 1.29 is 18.7 Å². The van der Waals surface area contributed by atoms with E-state index < -0.39 is 17.7 Å². The van der Waals surface area contributed by atoms with Crippen molar-refractivity contribution in [2.45, 2.75) is 13.5 Å². The van der Waals surface area contributed by atoms with Crippen LogP contribution in [0.1, 0.15) is 23.1 Å². The molecular weight excluding hydrogens is 435 g/mol. The number of ether oxygens (including phenoxy) is 1. The number of nitrogens with zero attached hydrogens (tertiary/aromatic N) is 4. The van der Waals surface area contributed by atoms with E-state index in [0.717, 1.165) is 20.9 Å². The van der Waals surface area contributed by atoms with Crippen LogP contribution in [-0.4, -0.2) is 26.6 Å². The highest BCUT2D eigenvalue weighted by Gasteiger charge is 2.22. The van der Waals surface area contributed by atoms with Crippen molar-refractivity contribution in [3.8, 4) is 0 Å². The molecule has 1 amide bonds. The Morgan fingerprint density at radius 2 is 1.81 bits per heavy atom. The average Bonchev–Trinajstić information content (AvgIpc) is 3.24. The van der Waals surface area contributed by atoms with Crippen LogP contribution in [0.15, 0.2) is 58.7 Å². The summed E-state index contributed by atoms with van der Waals surface area (Å²) in [5.74, 6) is -1.68. The lowest BCUT2D eigenvalue weighted by atomic mass is 10.1. The Bertz CT molecular complexity index is 1400. The largest absolute Gasteiger partial charge is 0.454 e. The molecule has 8 nitrogen and oxygen atoms in total. The Kier molecular flexibility index (Phi) is 5.78. The molecule has 10 heteroatoms. The van der Waals surface area contributed by atoms with Crippen molar-refractivity contribution >= 4 is 44.8 Å².